The molecule has 0 amide bonds. The van der Waals surface area contributed by atoms with Crippen LogP contribution in [0.15, 0.2) is 10.6 Å². The van der Waals surface area contributed by atoms with E-state index in [9.17, 15) is 0 Å². The third-order valence-electron chi connectivity index (χ3n) is 1.32. The summed E-state index contributed by atoms with van der Waals surface area (Å²) in [5.41, 5.74) is 3.53. The maximum atomic E-state index is 4.14. The van der Waals surface area contributed by atoms with E-state index in [1.165, 1.54) is 11.3 Å². The standard InChI is InChI=1S/C5H6N4S2/c1-4-9(7-3-10-4)5-8-6-2-11-5/h2-4H,1H3. The number of thioether (sulfide) groups is 1. The van der Waals surface area contributed by atoms with Gasteiger partial charge in [-0.05, 0) is 6.92 Å². The normalized spacial score (nSPS) is 23.0. The Balaban J connectivity index is 2.23. The van der Waals surface area contributed by atoms with E-state index in [2.05, 4.69) is 22.2 Å². The van der Waals surface area contributed by atoms with Crippen molar-refractivity contribution in [3.05, 3.63) is 5.51 Å². The molecule has 1 aromatic rings. The Hall–Kier alpha value is -0.620. The van der Waals surface area contributed by atoms with Gasteiger partial charge >= 0.3 is 0 Å². The number of aromatic nitrogens is 2. The fraction of sp³-hybridized carbons (Fsp3) is 0.400. The van der Waals surface area contributed by atoms with Gasteiger partial charge in [0, 0.05) is 0 Å². The Labute approximate surface area is 72.3 Å². The maximum absolute atomic E-state index is 4.14. The van der Waals surface area contributed by atoms with Crippen molar-refractivity contribution < 1.29 is 0 Å². The highest BCUT2D eigenvalue weighted by molar-refractivity contribution is 8.12. The molecular formula is C5H6N4S2. The first-order valence-electron chi connectivity index (χ1n) is 3.11. The largest absolute Gasteiger partial charge is 0.229 e. The number of rotatable bonds is 1. The highest BCUT2D eigenvalue weighted by Crippen LogP contribution is 2.27. The molecule has 1 aromatic heterocycles. The van der Waals surface area contributed by atoms with Gasteiger partial charge in [0.05, 0.1) is 5.55 Å². The minimum atomic E-state index is 0.350. The van der Waals surface area contributed by atoms with Crippen LogP contribution in [0.2, 0.25) is 0 Å². The molecule has 0 aromatic carbocycles. The predicted octanol–water partition coefficient (Wildman–Crippen LogP) is 1.38. The van der Waals surface area contributed by atoms with Crippen LogP contribution in [0.5, 0.6) is 0 Å². The molecule has 6 heteroatoms. The van der Waals surface area contributed by atoms with Gasteiger partial charge in [-0.1, -0.05) is 23.1 Å². The molecule has 2 rings (SSSR count). The number of hydrazone groups is 1. The molecule has 0 saturated heterocycles. The molecule has 11 heavy (non-hydrogen) atoms. The lowest BCUT2D eigenvalue weighted by molar-refractivity contribution is 0.843. The van der Waals surface area contributed by atoms with Crippen LogP contribution in [0.4, 0.5) is 5.13 Å². The molecule has 0 saturated carbocycles. The van der Waals surface area contributed by atoms with E-state index >= 15 is 0 Å². The molecule has 1 aliphatic heterocycles. The first kappa shape index (κ1) is 7.05. The van der Waals surface area contributed by atoms with Crippen LogP contribution in [0.25, 0.3) is 0 Å². The van der Waals surface area contributed by atoms with E-state index in [0.29, 0.717) is 5.37 Å². The van der Waals surface area contributed by atoms with Crippen LogP contribution in [-0.2, 0) is 0 Å². The van der Waals surface area contributed by atoms with Crippen molar-refractivity contribution in [2.75, 3.05) is 5.01 Å². The SMILES string of the molecule is CC1SC=NN1c1nncs1. The Morgan fingerprint density at radius 3 is 3.09 bits per heavy atom. The first-order chi connectivity index (χ1) is 5.38. The molecule has 0 spiro atoms. The van der Waals surface area contributed by atoms with Crippen molar-refractivity contribution in [2.24, 2.45) is 5.10 Å². The minimum absolute atomic E-state index is 0.350. The molecule has 0 fully saturated rings. The van der Waals surface area contributed by atoms with Gasteiger partial charge in [0.1, 0.15) is 10.9 Å². The quantitative estimate of drug-likeness (QED) is 0.664. The smallest absolute Gasteiger partial charge is 0.224 e. The zero-order chi connectivity index (χ0) is 7.68. The van der Waals surface area contributed by atoms with Gasteiger partial charge in [-0.15, -0.1) is 10.2 Å². The average molecular weight is 186 g/mol. The highest BCUT2D eigenvalue weighted by atomic mass is 32.2. The third kappa shape index (κ3) is 1.23. The Kier molecular flexibility index (Phi) is 1.79. The van der Waals surface area contributed by atoms with Crippen LogP contribution in [0.1, 0.15) is 6.92 Å². The predicted molar refractivity (Wildman–Crippen MR) is 47.9 cm³/mol. The average Bonchev–Trinajstić information content (AvgIpc) is 2.55. The van der Waals surface area contributed by atoms with Crippen LogP contribution in [0.3, 0.4) is 0 Å². The number of anilines is 1. The summed E-state index contributed by atoms with van der Waals surface area (Å²) < 4.78 is 0. The van der Waals surface area contributed by atoms with E-state index in [-0.39, 0.29) is 0 Å². The van der Waals surface area contributed by atoms with Gasteiger partial charge in [-0.3, -0.25) is 0 Å². The Bertz CT molecular complexity index is 257. The van der Waals surface area contributed by atoms with Gasteiger partial charge in [0.15, 0.2) is 0 Å². The fourth-order valence-corrected chi connectivity index (χ4v) is 2.05. The molecule has 2 heterocycles. The molecule has 1 aliphatic rings. The maximum Gasteiger partial charge on any atom is 0.229 e. The summed E-state index contributed by atoms with van der Waals surface area (Å²) >= 11 is 3.18. The second-order valence-corrected chi connectivity index (χ2v) is 4.00. The Morgan fingerprint density at radius 2 is 2.55 bits per heavy atom. The third-order valence-corrected chi connectivity index (χ3v) is 2.81. The number of hydrogen-bond donors (Lipinski definition) is 0. The molecule has 0 radical (unpaired) electrons. The van der Waals surface area contributed by atoms with Gasteiger partial charge in [-0.2, -0.15) is 5.10 Å². The molecule has 0 aliphatic carbocycles. The summed E-state index contributed by atoms with van der Waals surface area (Å²) in [6.45, 7) is 2.08. The van der Waals surface area contributed by atoms with Crippen LogP contribution < -0.4 is 5.01 Å². The topological polar surface area (TPSA) is 41.4 Å². The van der Waals surface area contributed by atoms with Crippen LogP contribution >= 0.6 is 23.1 Å². The molecule has 0 N–H and O–H groups in total. The molecule has 4 nitrogen and oxygen atoms in total. The fourth-order valence-electron chi connectivity index (χ4n) is 0.790. The van der Waals surface area contributed by atoms with Gasteiger partial charge < -0.3 is 0 Å². The number of hydrogen-bond acceptors (Lipinski definition) is 6. The second kappa shape index (κ2) is 2.78. The minimum Gasteiger partial charge on any atom is -0.224 e. The molecule has 0 bridgehead atoms. The summed E-state index contributed by atoms with van der Waals surface area (Å²) in [7, 11) is 0. The van der Waals surface area contributed by atoms with Gasteiger partial charge in [0.2, 0.25) is 5.13 Å². The van der Waals surface area contributed by atoms with Gasteiger partial charge in [0.25, 0.3) is 0 Å². The van der Waals surface area contributed by atoms with Crippen LogP contribution in [-0.4, -0.2) is 21.1 Å². The Morgan fingerprint density at radius 1 is 1.64 bits per heavy atom. The van der Waals surface area contributed by atoms with E-state index in [1.54, 1.807) is 17.3 Å². The first-order valence-corrected chi connectivity index (χ1v) is 4.93. The van der Waals surface area contributed by atoms with Crippen molar-refractivity contribution in [2.45, 2.75) is 12.3 Å². The lowest BCUT2D eigenvalue weighted by Crippen LogP contribution is -2.19. The molecule has 58 valence electrons. The highest BCUT2D eigenvalue weighted by Gasteiger charge is 2.20. The molecule has 1 unspecified atom stereocenters. The second-order valence-electron chi connectivity index (χ2n) is 2.02. The van der Waals surface area contributed by atoms with E-state index in [4.69, 9.17) is 0 Å². The summed E-state index contributed by atoms with van der Waals surface area (Å²) in [5, 5.41) is 14.9. The summed E-state index contributed by atoms with van der Waals surface area (Å²) in [5.74, 6) is 0. The van der Waals surface area contributed by atoms with E-state index in [0.717, 1.165) is 5.13 Å². The summed E-state index contributed by atoms with van der Waals surface area (Å²) in [4.78, 5) is 0. The molecular weight excluding hydrogens is 180 g/mol. The lowest BCUT2D eigenvalue weighted by atomic mass is 10.7. The zero-order valence-electron chi connectivity index (χ0n) is 5.84. The number of nitrogens with zero attached hydrogens (tertiary/aromatic N) is 4. The molecule has 1 atom stereocenters. The van der Waals surface area contributed by atoms with E-state index in [1.807, 2.05) is 10.6 Å². The van der Waals surface area contributed by atoms with Crippen molar-refractivity contribution in [3.8, 4) is 0 Å². The monoisotopic (exact) mass is 186 g/mol. The summed E-state index contributed by atoms with van der Waals surface area (Å²) in [6.07, 6.45) is 0. The van der Waals surface area contributed by atoms with Crippen molar-refractivity contribution >= 4 is 33.8 Å². The van der Waals surface area contributed by atoms with Crippen LogP contribution in [0, 0.1) is 0 Å². The zero-order valence-corrected chi connectivity index (χ0v) is 7.47. The van der Waals surface area contributed by atoms with E-state index < -0.39 is 0 Å². The van der Waals surface area contributed by atoms with Crippen molar-refractivity contribution in [3.63, 3.8) is 0 Å². The van der Waals surface area contributed by atoms with Crippen molar-refractivity contribution in [1.82, 2.24) is 10.2 Å². The van der Waals surface area contributed by atoms with Gasteiger partial charge in [-0.25, -0.2) is 5.01 Å². The summed E-state index contributed by atoms with van der Waals surface area (Å²) in [6, 6.07) is 0. The van der Waals surface area contributed by atoms with Crippen molar-refractivity contribution in [1.29, 1.82) is 0 Å². The lowest BCUT2D eigenvalue weighted by Gasteiger charge is -2.13.